The molecule has 2 aromatic rings. The van der Waals surface area contributed by atoms with Crippen LogP contribution < -0.4 is 4.18 Å². The fraction of sp³-hybridized carbons (Fsp3) is 0.0714. The Labute approximate surface area is 125 Å². The number of ketones is 1. The van der Waals surface area contributed by atoms with Gasteiger partial charge in [0, 0.05) is 10.0 Å². The Balaban J connectivity index is 2.28. The molecule has 0 unspecified atom stereocenters. The third kappa shape index (κ3) is 3.46. The van der Waals surface area contributed by atoms with E-state index in [9.17, 15) is 13.2 Å². The SMILES string of the molecule is CC(=O)c1ccc(S(=O)(=O)Oc2cccc(Br)c2)cc1. The van der Waals surface area contributed by atoms with E-state index in [-0.39, 0.29) is 16.4 Å². The Hall–Kier alpha value is -1.66. The lowest BCUT2D eigenvalue weighted by atomic mass is 10.2. The lowest BCUT2D eigenvalue weighted by Gasteiger charge is -2.07. The summed E-state index contributed by atoms with van der Waals surface area (Å²) in [6.45, 7) is 1.42. The van der Waals surface area contributed by atoms with Gasteiger partial charge in [-0.3, -0.25) is 4.79 Å². The van der Waals surface area contributed by atoms with Crippen molar-refractivity contribution in [3.05, 3.63) is 58.6 Å². The van der Waals surface area contributed by atoms with Gasteiger partial charge in [-0.2, -0.15) is 8.42 Å². The molecule has 6 heteroatoms. The van der Waals surface area contributed by atoms with Crippen LogP contribution in [0, 0.1) is 0 Å². The second-order valence-corrected chi connectivity index (χ2v) is 6.54. The molecule has 0 aliphatic rings. The zero-order valence-electron chi connectivity index (χ0n) is 10.5. The molecule has 0 heterocycles. The second kappa shape index (κ2) is 5.76. The highest BCUT2D eigenvalue weighted by Gasteiger charge is 2.17. The quantitative estimate of drug-likeness (QED) is 0.623. The van der Waals surface area contributed by atoms with E-state index in [1.165, 1.54) is 31.2 Å². The highest BCUT2D eigenvalue weighted by atomic mass is 79.9. The topological polar surface area (TPSA) is 60.4 Å². The summed E-state index contributed by atoms with van der Waals surface area (Å²) in [6.07, 6.45) is 0. The van der Waals surface area contributed by atoms with E-state index in [4.69, 9.17) is 4.18 Å². The first-order valence-corrected chi connectivity index (χ1v) is 7.90. The molecule has 0 N–H and O–H groups in total. The number of carbonyl (C=O) groups is 1. The van der Waals surface area contributed by atoms with Gasteiger partial charge >= 0.3 is 10.1 Å². The van der Waals surface area contributed by atoms with Gasteiger partial charge < -0.3 is 4.18 Å². The van der Waals surface area contributed by atoms with Crippen LogP contribution in [0.15, 0.2) is 57.9 Å². The first-order valence-electron chi connectivity index (χ1n) is 5.69. The molecule has 0 saturated carbocycles. The van der Waals surface area contributed by atoms with Gasteiger partial charge in [-0.1, -0.05) is 34.1 Å². The molecule has 104 valence electrons. The highest BCUT2D eigenvalue weighted by molar-refractivity contribution is 9.10. The van der Waals surface area contributed by atoms with Crippen molar-refractivity contribution < 1.29 is 17.4 Å². The first-order chi connectivity index (χ1) is 9.38. The van der Waals surface area contributed by atoms with Crippen molar-refractivity contribution in [3.63, 3.8) is 0 Å². The van der Waals surface area contributed by atoms with E-state index in [0.29, 0.717) is 5.56 Å². The summed E-state index contributed by atoms with van der Waals surface area (Å²) in [4.78, 5) is 11.2. The molecular weight excluding hydrogens is 344 g/mol. The Kier molecular flexibility index (Phi) is 4.25. The number of rotatable bonds is 4. The van der Waals surface area contributed by atoms with Gasteiger partial charge in [0.05, 0.1) is 0 Å². The number of benzene rings is 2. The number of halogens is 1. The molecule has 0 amide bonds. The third-order valence-corrected chi connectivity index (χ3v) is 4.31. The van der Waals surface area contributed by atoms with Crippen LogP contribution in [0.1, 0.15) is 17.3 Å². The molecule has 20 heavy (non-hydrogen) atoms. The van der Waals surface area contributed by atoms with Gasteiger partial charge in [0.25, 0.3) is 0 Å². The first kappa shape index (κ1) is 14.7. The summed E-state index contributed by atoms with van der Waals surface area (Å²) in [6, 6.07) is 12.2. The number of hydrogen-bond acceptors (Lipinski definition) is 4. The molecule has 0 aliphatic heterocycles. The largest absolute Gasteiger partial charge is 0.379 e. The maximum atomic E-state index is 12.1. The average Bonchev–Trinajstić information content (AvgIpc) is 2.38. The molecule has 0 aromatic heterocycles. The zero-order valence-corrected chi connectivity index (χ0v) is 12.9. The summed E-state index contributed by atoms with van der Waals surface area (Å²) in [7, 11) is -3.90. The summed E-state index contributed by atoms with van der Waals surface area (Å²) in [5, 5.41) is 0. The van der Waals surface area contributed by atoms with Crippen molar-refractivity contribution >= 4 is 31.8 Å². The molecule has 0 atom stereocenters. The van der Waals surface area contributed by atoms with E-state index in [1.54, 1.807) is 24.3 Å². The fourth-order valence-corrected chi connectivity index (χ4v) is 2.85. The van der Waals surface area contributed by atoms with E-state index in [2.05, 4.69) is 15.9 Å². The normalized spacial score (nSPS) is 11.1. The Morgan fingerprint density at radius 3 is 2.30 bits per heavy atom. The predicted molar refractivity (Wildman–Crippen MR) is 78.4 cm³/mol. The van der Waals surface area contributed by atoms with Crippen LogP contribution in [0.5, 0.6) is 5.75 Å². The Morgan fingerprint density at radius 2 is 1.75 bits per heavy atom. The predicted octanol–water partition coefficient (Wildman–Crippen LogP) is 3.42. The molecule has 2 aromatic carbocycles. The minimum absolute atomic E-state index is 0.00229. The fourth-order valence-electron chi connectivity index (χ4n) is 1.55. The van der Waals surface area contributed by atoms with Gasteiger partial charge in [0.2, 0.25) is 0 Å². The lowest BCUT2D eigenvalue weighted by molar-refractivity contribution is 0.101. The van der Waals surface area contributed by atoms with E-state index < -0.39 is 10.1 Å². The molecule has 4 nitrogen and oxygen atoms in total. The van der Waals surface area contributed by atoms with Crippen molar-refractivity contribution in [3.8, 4) is 5.75 Å². The summed E-state index contributed by atoms with van der Waals surface area (Å²) >= 11 is 3.24. The average molecular weight is 355 g/mol. The molecule has 0 radical (unpaired) electrons. The van der Waals surface area contributed by atoms with Gasteiger partial charge in [0.1, 0.15) is 10.6 Å². The van der Waals surface area contributed by atoms with Crippen LogP contribution in [0.4, 0.5) is 0 Å². The Bertz CT molecular complexity index is 736. The molecular formula is C14H11BrO4S. The minimum Gasteiger partial charge on any atom is -0.379 e. The summed E-state index contributed by atoms with van der Waals surface area (Å²) < 4.78 is 29.9. The molecule has 0 fully saturated rings. The third-order valence-electron chi connectivity index (χ3n) is 2.55. The monoisotopic (exact) mass is 354 g/mol. The van der Waals surface area contributed by atoms with Gasteiger partial charge in [-0.25, -0.2) is 0 Å². The molecule has 2 rings (SSSR count). The van der Waals surface area contributed by atoms with Crippen LogP contribution in [-0.2, 0) is 10.1 Å². The van der Waals surface area contributed by atoms with Gasteiger partial charge in [-0.05, 0) is 37.3 Å². The van der Waals surface area contributed by atoms with E-state index in [1.807, 2.05) is 0 Å². The molecule has 0 saturated heterocycles. The van der Waals surface area contributed by atoms with E-state index in [0.717, 1.165) is 4.47 Å². The molecule has 0 bridgehead atoms. The minimum atomic E-state index is -3.90. The van der Waals surface area contributed by atoms with Crippen LogP contribution in [-0.4, -0.2) is 14.2 Å². The van der Waals surface area contributed by atoms with Crippen molar-refractivity contribution in [2.75, 3.05) is 0 Å². The van der Waals surface area contributed by atoms with Crippen LogP contribution in [0.2, 0.25) is 0 Å². The van der Waals surface area contributed by atoms with Gasteiger partial charge in [-0.15, -0.1) is 0 Å². The Morgan fingerprint density at radius 1 is 1.10 bits per heavy atom. The number of hydrogen-bond donors (Lipinski definition) is 0. The van der Waals surface area contributed by atoms with Crippen LogP contribution in [0.3, 0.4) is 0 Å². The van der Waals surface area contributed by atoms with Crippen molar-refractivity contribution in [2.24, 2.45) is 0 Å². The maximum absolute atomic E-state index is 12.1. The number of carbonyl (C=O) groups excluding carboxylic acids is 1. The van der Waals surface area contributed by atoms with Crippen molar-refractivity contribution in [2.45, 2.75) is 11.8 Å². The smallest absolute Gasteiger partial charge is 0.339 e. The lowest BCUT2D eigenvalue weighted by Crippen LogP contribution is -2.10. The van der Waals surface area contributed by atoms with Crippen molar-refractivity contribution in [1.82, 2.24) is 0 Å². The van der Waals surface area contributed by atoms with E-state index >= 15 is 0 Å². The van der Waals surface area contributed by atoms with Gasteiger partial charge in [0.15, 0.2) is 5.78 Å². The van der Waals surface area contributed by atoms with Crippen molar-refractivity contribution in [1.29, 1.82) is 0 Å². The highest BCUT2D eigenvalue weighted by Crippen LogP contribution is 2.22. The van der Waals surface area contributed by atoms with Crippen LogP contribution >= 0.6 is 15.9 Å². The molecule has 0 aliphatic carbocycles. The number of Topliss-reactive ketones (excluding diaryl/α,β-unsaturated/α-hetero) is 1. The molecule has 0 spiro atoms. The zero-order chi connectivity index (χ0) is 14.8. The standard InChI is InChI=1S/C14H11BrO4S/c1-10(16)11-5-7-14(8-6-11)20(17,18)19-13-4-2-3-12(15)9-13/h2-9H,1H3. The van der Waals surface area contributed by atoms with Crippen LogP contribution in [0.25, 0.3) is 0 Å². The second-order valence-electron chi connectivity index (χ2n) is 4.08. The summed E-state index contributed by atoms with van der Waals surface area (Å²) in [5.74, 6) is 0.0943. The summed E-state index contributed by atoms with van der Waals surface area (Å²) in [5.41, 5.74) is 0.450. The maximum Gasteiger partial charge on any atom is 0.339 e.